The quantitative estimate of drug-likeness (QED) is 0.548. The Balaban J connectivity index is 2.41. The number of rotatable bonds is 4. The molecule has 3 aromatic rings. The van der Waals surface area contributed by atoms with Crippen LogP contribution in [0.25, 0.3) is 22.3 Å². The first-order valence-corrected chi connectivity index (χ1v) is 7.93. The van der Waals surface area contributed by atoms with Crippen molar-refractivity contribution in [2.75, 3.05) is 12.8 Å². The van der Waals surface area contributed by atoms with Gasteiger partial charge in [-0.3, -0.25) is 0 Å². The van der Waals surface area contributed by atoms with Crippen LogP contribution in [0.2, 0.25) is 0 Å². The minimum absolute atomic E-state index is 0.0328. The lowest BCUT2D eigenvalue weighted by Gasteiger charge is -2.17. The fourth-order valence-corrected chi connectivity index (χ4v) is 2.97. The van der Waals surface area contributed by atoms with Gasteiger partial charge < -0.3 is 15.6 Å². The lowest BCUT2D eigenvalue weighted by atomic mass is 9.88. The van der Waals surface area contributed by atoms with Crippen LogP contribution in [0, 0.1) is 0 Å². The molecule has 5 nitrogen and oxygen atoms in total. The van der Waals surface area contributed by atoms with E-state index in [2.05, 4.69) is 0 Å². The van der Waals surface area contributed by atoms with Crippen molar-refractivity contribution in [2.24, 2.45) is 0 Å². The van der Waals surface area contributed by atoms with Gasteiger partial charge in [0.1, 0.15) is 0 Å². The fourth-order valence-electron chi connectivity index (χ4n) is 2.97. The van der Waals surface area contributed by atoms with Gasteiger partial charge in [-0.25, -0.2) is 9.59 Å². The SMILES string of the molecule is COC(=O)c1cc(-c2ccccc2)c(C(=O)O)c(N)c1-c1ccccc1. The summed E-state index contributed by atoms with van der Waals surface area (Å²) in [5, 5.41) is 9.77. The molecular formula is C21H17NO4. The second kappa shape index (κ2) is 7.11. The Morgan fingerprint density at radius 3 is 1.96 bits per heavy atom. The Kier molecular flexibility index (Phi) is 4.71. The van der Waals surface area contributed by atoms with E-state index in [1.807, 2.05) is 12.1 Å². The zero-order valence-corrected chi connectivity index (χ0v) is 14.1. The number of anilines is 1. The van der Waals surface area contributed by atoms with Crippen molar-refractivity contribution in [2.45, 2.75) is 0 Å². The zero-order chi connectivity index (χ0) is 18.7. The number of hydrogen-bond donors (Lipinski definition) is 2. The predicted molar refractivity (Wildman–Crippen MR) is 100 cm³/mol. The van der Waals surface area contributed by atoms with Gasteiger partial charge in [-0.15, -0.1) is 0 Å². The maximum absolute atomic E-state index is 12.4. The first kappa shape index (κ1) is 17.2. The van der Waals surface area contributed by atoms with Crippen LogP contribution in [0.4, 0.5) is 5.69 Å². The molecule has 3 rings (SSSR count). The summed E-state index contributed by atoms with van der Waals surface area (Å²) >= 11 is 0. The molecule has 0 radical (unpaired) electrons. The summed E-state index contributed by atoms with van der Waals surface area (Å²) in [6.07, 6.45) is 0. The van der Waals surface area contributed by atoms with Crippen molar-refractivity contribution >= 4 is 17.6 Å². The molecule has 26 heavy (non-hydrogen) atoms. The third-order valence-corrected chi connectivity index (χ3v) is 4.13. The number of carbonyl (C=O) groups excluding carboxylic acids is 1. The van der Waals surface area contributed by atoms with E-state index in [4.69, 9.17) is 10.5 Å². The number of nitrogens with two attached hydrogens (primary N) is 1. The van der Waals surface area contributed by atoms with Gasteiger partial charge in [-0.1, -0.05) is 60.7 Å². The van der Waals surface area contributed by atoms with Crippen LogP contribution < -0.4 is 5.73 Å². The molecule has 0 unspecified atom stereocenters. The van der Waals surface area contributed by atoms with E-state index in [-0.39, 0.29) is 16.8 Å². The molecule has 0 saturated carbocycles. The molecule has 0 amide bonds. The van der Waals surface area contributed by atoms with Gasteiger partial charge in [0.15, 0.2) is 0 Å². The van der Waals surface area contributed by atoms with Crippen LogP contribution in [0.3, 0.4) is 0 Å². The van der Waals surface area contributed by atoms with Gasteiger partial charge in [0, 0.05) is 5.56 Å². The van der Waals surface area contributed by atoms with E-state index in [1.165, 1.54) is 13.2 Å². The Morgan fingerprint density at radius 1 is 0.923 bits per heavy atom. The molecule has 0 aliphatic heterocycles. The van der Waals surface area contributed by atoms with Crippen LogP contribution >= 0.6 is 0 Å². The van der Waals surface area contributed by atoms with Gasteiger partial charge in [0.25, 0.3) is 0 Å². The number of methoxy groups -OCH3 is 1. The second-order valence-electron chi connectivity index (χ2n) is 5.66. The average molecular weight is 347 g/mol. The first-order valence-electron chi connectivity index (χ1n) is 7.93. The van der Waals surface area contributed by atoms with Crippen molar-refractivity contribution in [3.8, 4) is 22.3 Å². The second-order valence-corrected chi connectivity index (χ2v) is 5.66. The number of carboxylic acids is 1. The van der Waals surface area contributed by atoms with Crippen molar-refractivity contribution < 1.29 is 19.4 Å². The number of nitrogen functional groups attached to an aromatic ring is 1. The van der Waals surface area contributed by atoms with Crippen molar-refractivity contribution in [3.63, 3.8) is 0 Å². The number of aromatic carboxylic acids is 1. The minimum Gasteiger partial charge on any atom is -0.478 e. The van der Waals surface area contributed by atoms with Crippen LogP contribution in [0.1, 0.15) is 20.7 Å². The van der Waals surface area contributed by atoms with E-state index in [0.717, 1.165) is 0 Å². The standard InChI is InChI=1S/C21H17NO4/c1-26-21(25)16-12-15(13-8-4-2-5-9-13)18(20(23)24)19(22)17(16)14-10-6-3-7-11-14/h2-12H,22H2,1H3,(H,23,24). The van der Waals surface area contributed by atoms with Crippen molar-refractivity contribution in [3.05, 3.63) is 77.9 Å². The molecule has 0 heterocycles. The molecule has 130 valence electrons. The monoisotopic (exact) mass is 347 g/mol. The molecule has 0 bridgehead atoms. The largest absolute Gasteiger partial charge is 0.478 e. The lowest BCUT2D eigenvalue weighted by Crippen LogP contribution is -2.12. The molecular weight excluding hydrogens is 330 g/mol. The third kappa shape index (κ3) is 3.02. The smallest absolute Gasteiger partial charge is 0.338 e. The summed E-state index contributed by atoms with van der Waals surface area (Å²) in [5.41, 5.74) is 8.50. The minimum atomic E-state index is -1.16. The Hall–Kier alpha value is -3.60. The van der Waals surface area contributed by atoms with Gasteiger partial charge in [-0.05, 0) is 22.8 Å². The van der Waals surface area contributed by atoms with E-state index in [0.29, 0.717) is 22.3 Å². The Labute approximate surface area is 150 Å². The number of ether oxygens (including phenoxy) is 1. The molecule has 0 spiro atoms. The number of esters is 1. The molecule has 0 aliphatic carbocycles. The van der Waals surface area contributed by atoms with Crippen LogP contribution in [0.5, 0.6) is 0 Å². The molecule has 0 aliphatic rings. The normalized spacial score (nSPS) is 10.3. The van der Waals surface area contributed by atoms with Gasteiger partial charge in [0.05, 0.1) is 23.9 Å². The molecule has 3 N–H and O–H groups in total. The molecule has 0 atom stereocenters. The number of benzene rings is 3. The van der Waals surface area contributed by atoms with E-state index in [9.17, 15) is 14.7 Å². The fraction of sp³-hybridized carbons (Fsp3) is 0.0476. The predicted octanol–water partition coefficient (Wildman–Crippen LogP) is 4.09. The van der Waals surface area contributed by atoms with Gasteiger partial charge >= 0.3 is 11.9 Å². The Morgan fingerprint density at radius 2 is 1.46 bits per heavy atom. The summed E-state index contributed by atoms with van der Waals surface area (Å²) in [6.45, 7) is 0. The van der Waals surface area contributed by atoms with Gasteiger partial charge in [-0.2, -0.15) is 0 Å². The molecule has 0 aromatic heterocycles. The lowest BCUT2D eigenvalue weighted by molar-refractivity contribution is 0.0599. The van der Waals surface area contributed by atoms with Gasteiger partial charge in [0.2, 0.25) is 0 Å². The summed E-state index contributed by atoms with van der Waals surface area (Å²) in [7, 11) is 1.28. The average Bonchev–Trinajstić information content (AvgIpc) is 2.67. The van der Waals surface area contributed by atoms with Crippen LogP contribution in [0.15, 0.2) is 66.7 Å². The highest BCUT2D eigenvalue weighted by atomic mass is 16.5. The molecule has 0 saturated heterocycles. The summed E-state index contributed by atoms with van der Waals surface area (Å²) in [4.78, 5) is 24.4. The molecule has 0 fully saturated rings. The summed E-state index contributed by atoms with van der Waals surface area (Å²) in [5.74, 6) is -1.74. The topological polar surface area (TPSA) is 89.6 Å². The first-order chi connectivity index (χ1) is 12.5. The summed E-state index contributed by atoms with van der Waals surface area (Å²) in [6, 6.07) is 19.4. The van der Waals surface area contributed by atoms with E-state index in [1.54, 1.807) is 48.5 Å². The number of carbonyl (C=O) groups is 2. The van der Waals surface area contributed by atoms with E-state index >= 15 is 0 Å². The number of hydrogen-bond acceptors (Lipinski definition) is 4. The maximum Gasteiger partial charge on any atom is 0.338 e. The number of carboxylic acid groups (broad SMARTS) is 1. The Bertz CT molecular complexity index is 966. The molecule has 3 aromatic carbocycles. The third-order valence-electron chi connectivity index (χ3n) is 4.13. The highest BCUT2D eigenvalue weighted by Crippen LogP contribution is 2.39. The van der Waals surface area contributed by atoms with E-state index < -0.39 is 11.9 Å². The maximum atomic E-state index is 12.4. The highest BCUT2D eigenvalue weighted by Gasteiger charge is 2.25. The van der Waals surface area contributed by atoms with Crippen LogP contribution in [-0.2, 0) is 4.74 Å². The van der Waals surface area contributed by atoms with Crippen LogP contribution in [-0.4, -0.2) is 24.2 Å². The highest BCUT2D eigenvalue weighted by molar-refractivity contribution is 6.11. The van der Waals surface area contributed by atoms with Crippen molar-refractivity contribution in [1.82, 2.24) is 0 Å². The zero-order valence-electron chi connectivity index (χ0n) is 14.1. The summed E-state index contributed by atoms with van der Waals surface area (Å²) < 4.78 is 4.90. The van der Waals surface area contributed by atoms with Crippen molar-refractivity contribution in [1.29, 1.82) is 0 Å². The molecule has 5 heteroatoms.